The fourth-order valence-electron chi connectivity index (χ4n) is 3.71. The van der Waals surface area contributed by atoms with Crippen molar-refractivity contribution in [2.45, 2.75) is 6.04 Å². The standard InChI is InChI=1S/C25H22N2O3/c1-26(2)19-15-13-17(14-16-19)22-21(23(28)18-9-5-3-6-10-18)24(29)25(30)27(22)20-11-7-4-8-12-20/h3-16,22,28H,1-2H3/b23-21+/t22-/m0/s1. The highest BCUT2D eigenvalue weighted by atomic mass is 16.3. The van der Waals surface area contributed by atoms with Crippen molar-refractivity contribution in [1.82, 2.24) is 0 Å². The molecule has 0 aliphatic carbocycles. The maximum atomic E-state index is 13.0. The van der Waals surface area contributed by atoms with Crippen LogP contribution in [0.2, 0.25) is 0 Å². The third-order valence-corrected chi connectivity index (χ3v) is 5.25. The van der Waals surface area contributed by atoms with Crippen molar-refractivity contribution in [2.24, 2.45) is 0 Å². The number of hydrogen-bond donors (Lipinski definition) is 1. The summed E-state index contributed by atoms with van der Waals surface area (Å²) in [7, 11) is 3.89. The second kappa shape index (κ2) is 7.87. The van der Waals surface area contributed by atoms with Gasteiger partial charge in [-0.2, -0.15) is 0 Å². The highest BCUT2D eigenvalue weighted by molar-refractivity contribution is 6.51. The zero-order valence-corrected chi connectivity index (χ0v) is 16.8. The van der Waals surface area contributed by atoms with E-state index < -0.39 is 17.7 Å². The number of nitrogens with zero attached hydrogens (tertiary/aromatic N) is 2. The highest BCUT2D eigenvalue weighted by Gasteiger charge is 2.46. The van der Waals surface area contributed by atoms with Crippen LogP contribution in [0.4, 0.5) is 11.4 Å². The van der Waals surface area contributed by atoms with Crippen molar-refractivity contribution in [3.8, 4) is 0 Å². The average Bonchev–Trinajstić information content (AvgIpc) is 3.05. The second-order valence-corrected chi connectivity index (χ2v) is 7.36. The summed E-state index contributed by atoms with van der Waals surface area (Å²) < 4.78 is 0. The average molecular weight is 398 g/mol. The van der Waals surface area contributed by atoms with E-state index >= 15 is 0 Å². The van der Waals surface area contributed by atoms with Crippen molar-refractivity contribution in [2.75, 3.05) is 23.9 Å². The topological polar surface area (TPSA) is 60.9 Å². The molecule has 5 heteroatoms. The number of rotatable bonds is 4. The Morgan fingerprint density at radius 1 is 0.833 bits per heavy atom. The number of carbonyl (C=O) groups excluding carboxylic acids is 2. The Hall–Kier alpha value is -3.86. The van der Waals surface area contributed by atoms with E-state index in [-0.39, 0.29) is 11.3 Å². The van der Waals surface area contributed by atoms with Gasteiger partial charge in [0.25, 0.3) is 11.7 Å². The Balaban J connectivity index is 1.92. The molecular weight excluding hydrogens is 376 g/mol. The van der Waals surface area contributed by atoms with Crippen LogP contribution >= 0.6 is 0 Å². The Kier molecular flexibility index (Phi) is 5.11. The predicted molar refractivity (Wildman–Crippen MR) is 118 cm³/mol. The number of aliphatic hydroxyl groups is 1. The smallest absolute Gasteiger partial charge is 0.300 e. The minimum absolute atomic E-state index is 0.0904. The number of aliphatic hydroxyl groups excluding tert-OH is 1. The molecule has 1 atom stereocenters. The monoisotopic (exact) mass is 398 g/mol. The Labute approximate surface area is 175 Å². The fourth-order valence-corrected chi connectivity index (χ4v) is 3.71. The van der Waals surface area contributed by atoms with Crippen molar-refractivity contribution in [1.29, 1.82) is 0 Å². The minimum Gasteiger partial charge on any atom is -0.507 e. The molecule has 1 fully saturated rings. The molecule has 4 rings (SSSR count). The molecule has 0 bridgehead atoms. The summed E-state index contributed by atoms with van der Waals surface area (Å²) in [6.45, 7) is 0. The van der Waals surface area contributed by atoms with Crippen molar-refractivity contribution >= 4 is 28.8 Å². The van der Waals surface area contributed by atoms with Gasteiger partial charge >= 0.3 is 0 Å². The minimum atomic E-state index is -0.719. The van der Waals surface area contributed by atoms with E-state index in [2.05, 4.69) is 0 Å². The molecule has 0 spiro atoms. The zero-order chi connectivity index (χ0) is 21.3. The fraction of sp³-hybridized carbons (Fsp3) is 0.120. The lowest BCUT2D eigenvalue weighted by molar-refractivity contribution is -0.132. The van der Waals surface area contributed by atoms with Gasteiger partial charge in [-0.1, -0.05) is 60.7 Å². The number of benzene rings is 3. The van der Waals surface area contributed by atoms with Gasteiger partial charge in [0, 0.05) is 31.0 Å². The third-order valence-electron chi connectivity index (χ3n) is 5.25. The summed E-state index contributed by atoms with van der Waals surface area (Å²) in [6.07, 6.45) is 0. The van der Waals surface area contributed by atoms with Gasteiger partial charge in [-0.25, -0.2) is 0 Å². The zero-order valence-electron chi connectivity index (χ0n) is 16.8. The number of amides is 1. The first kappa shape index (κ1) is 19.5. The van der Waals surface area contributed by atoms with E-state index in [1.54, 1.807) is 36.4 Å². The van der Waals surface area contributed by atoms with Crippen LogP contribution in [-0.2, 0) is 9.59 Å². The van der Waals surface area contributed by atoms with Crippen LogP contribution in [0.3, 0.4) is 0 Å². The number of para-hydroxylation sites is 1. The summed E-state index contributed by atoms with van der Waals surface area (Å²) in [5, 5.41) is 11.0. The molecule has 0 radical (unpaired) electrons. The normalized spacial score (nSPS) is 17.9. The molecule has 1 aliphatic rings. The first-order valence-corrected chi connectivity index (χ1v) is 9.68. The van der Waals surface area contributed by atoms with Gasteiger partial charge in [0.15, 0.2) is 0 Å². The number of hydrogen-bond acceptors (Lipinski definition) is 4. The highest BCUT2D eigenvalue weighted by Crippen LogP contribution is 2.42. The first-order valence-electron chi connectivity index (χ1n) is 9.68. The first-order chi connectivity index (χ1) is 14.5. The van der Waals surface area contributed by atoms with Crippen LogP contribution in [0.15, 0.2) is 90.5 Å². The lowest BCUT2D eigenvalue weighted by Crippen LogP contribution is -2.29. The molecule has 1 saturated heterocycles. The second-order valence-electron chi connectivity index (χ2n) is 7.36. The molecule has 1 heterocycles. The molecule has 1 aliphatic heterocycles. The largest absolute Gasteiger partial charge is 0.507 e. The van der Waals surface area contributed by atoms with Gasteiger partial charge in [-0.15, -0.1) is 0 Å². The Morgan fingerprint density at radius 2 is 1.40 bits per heavy atom. The van der Waals surface area contributed by atoms with Crippen LogP contribution in [0.25, 0.3) is 5.76 Å². The summed E-state index contributed by atoms with van der Waals surface area (Å²) in [5.41, 5.74) is 2.94. The van der Waals surface area contributed by atoms with Crippen LogP contribution in [-0.4, -0.2) is 30.9 Å². The van der Waals surface area contributed by atoms with Gasteiger partial charge in [0.2, 0.25) is 0 Å². The number of Topliss-reactive ketones (excluding diaryl/α,β-unsaturated/α-hetero) is 1. The Bertz CT molecular complexity index is 1100. The van der Waals surface area contributed by atoms with Crippen LogP contribution in [0, 0.1) is 0 Å². The van der Waals surface area contributed by atoms with Crippen molar-refractivity contribution in [3.63, 3.8) is 0 Å². The van der Waals surface area contributed by atoms with Gasteiger partial charge < -0.3 is 10.0 Å². The maximum Gasteiger partial charge on any atom is 0.300 e. The molecule has 150 valence electrons. The molecule has 3 aromatic carbocycles. The van der Waals surface area contributed by atoms with Gasteiger partial charge in [-0.3, -0.25) is 14.5 Å². The molecule has 5 nitrogen and oxygen atoms in total. The summed E-state index contributed by atoms with van der Waals surface area (Å²) >= 11 is 0. The molecule has 3 aromatic rings. The van der Waals surface area contributed by atoms with Crippen molar-refractivity contribution in [3.05, 3.63) is 102 Å². The van der Waals surface area contributed by atoms with Crippen LogP contribution < -0.4 is 9.80 Å². The maximum absolute atomic E-state index is 13.0. The number of anilines is 2. The van der Waals surface area contributed by atoms with E-state index in [4.69, 9.17) is 0 Å². The number of ketones is 1. The van der Waals surface area contributed by atoms with E-state index in [1.165, 1.54) is 4.90 Å². The van der Waals surface area contributed by atoms with E-state index in [1.807, 2.05) is 67.5 Å². The molecular formula is C25H22N2O3. The third kappa shape index (κ3) is 3.35. The lowest BCUT2D eigenvalue weighted by Gasteiger charge is -2.26. The summed E-state index contributed by atoms with van der Waals surface area (Å²) in [4.78, 5) is 29.5. The summed E-state index contributed by atoms with van der Waals surface area (Å²) in [6, 6.07) is 24.8. The predicted octanol–water partition coefficient (Wildman–Crippen LogP) is 4.38. The van der Waals surface area contributed by atoms with E-state index in [9.17, 15) is 14.7 Å². The van der Waals surface area contributed by atoms with Gasteiger partial charge in [0.1, 0.15) is 5.76 Å². The Morgan fingerprint density at radius 3 is 1.97 bits per heavy atom. The lowest BCUT2D eigenvalue weighted by atomic mass is 9.95. The van der Waals surface area contributed by atoms with Gasteiger partial charge in [0.05, 0.1) is 11.6 Å². The van der Waals surface area contributed by atoms with Crippen LogP contribution in [0.5, 0.6) is 0 Å². The van der Waals surface area contributed by atoms with E-state index in [0.29, 0.717) is 11.3 Å². The number of carbonyl (C=O) groups is 2. The quantitative estimate of drug-likeness (QED) is 0.403. The molecule has 0 saturated carbocycles. The van der Waals surface area contributed by atoms with Crippen LogP contribution in [0.1, 0.15) is 17.2 Å². The molecule has 0 unspecified atom stereocenters. The molecule has 0 aromatic heterocycles. The molecule has 1 N–H and O–H groups in total. The molecule has 1 amide bonds. The van der Waals surface area contributed by atoms with Gasteiger partial charge in [-0.05, 0) is 29.8 Å². The molecule has 30 heavy (non-hydrogen) atoms. The van der Waals surface area contributed by atoms with Crippen molar-refractivity contribution < 1.29 is 14.7 Å². The summed E-state index contributed by atoms with van der Waals surface area (Å²) in [5.74, 6) is -1.52. The van der Waals surface area contributed by atoms with E-state index in [0.717, 1.165) is 11.3 Å². The SMILES string of the molecule is CN(C)c1ccc([C@H]2/C(=C(\O)c3ccccc3)C(=O)C(=O)N2c2ccccc2)cc1.